The molecule has 1 aromatic carbocycles. The maximum atomic E-state index is 12.4. The molecule has 1 aromatic rings. The summed E-state index contributed by atoms with van der Waals surface area (Å²) in [6.45, 7) is 11.9. The number of nitrogens with one attached hydrogen (secondary N) is 1. The van der Waals surface area contributed by atoms with Gasteiger partial charge in [0.05, 0.1) is 5.92 Å². The summed E-state index contributed by atoms with van der Waals surface area (Å²) in [5.74, 6) is 0.352. The van der Waals surface area contributed by atoms with Crippen molar-refractivity contribution >= 4 is 5.91 Å². The number of amides is 1. The topological polar surface area (TPSA) is 35.6 Å². The predicted molar refractivity (Wildman–Crippen MR) is 107 cm³/mol. The number of carbonyl (C=O) groups is 1. The van der Waals surface area contributed by atoms with Crippen LogP contribution in [-0.2, 0) is 11.3 Å². The van der Waals surface area contributed by atoms with Crippen molar-refractivity contribution in [3.63, 3.8) is 0 Å². The van der Waals surface area contributed by atoms with Gasteiger partial charge in [0.2, 0.25) is 5.91 Å². The van der Waals surface area contributed by atoms with Crippen molar-refractivity contribution in [1.82, 2.24) is 15.1 Å². The van der Waals surface area contributed by atoms with Gasteiger partial charge in [0, 0.05) is 25.7 Å². The lowest BCUT2D eigenvalue weighted by molar-refractivity contribution is -0.127. The summed E-state index contributed by atoms with van der Waals surface area (Å²) in [5.41, 5.74) is 2.41. The second-order valence-electron chi connectivity index (χ2n) is 8.00. The lowest BCUT2D eigenvalue weighted by Gasteiger charge is -2.42. The molecule has 0 unspecified atom stereocenters. The van der Waals surface area contributed by atoms with Crippen LogP contribution in [0, 0.1) is 5.92 Å². The number of hydrogen-bond acceptors (Lipinski definition) is 3. The van der Waals surface area contributed by atoms with Crippen LogP contribution in [0.3, 0.4) is 0 Å². The first-order valence-electron chi connectivity index (χ1n) is 10.0. The lowest BCUT2D eigenvalue weighted by atomic mass is 9.93. The van der Waals surface area contributed by atoms with E-state index in [0.29, 0.717) is 12.6 Å². The molecule has 26 heavy (non-hydrogen) atoms. The fourth-order valence-corrected chi connectivity index (χ4v) is 4.22. The molecule has 1 N–H and O–H groups in total. The molecule has 4 heteroatoms. The standard InChI is InChI=1S/C22H33N3O/c1-18(2)15-23-22(26)20-9-6-12-25(17-20)21-10-13-24(14-11-21)16-19-7-4-3-5-8-19/h3-5,7-8,20-21H,1,6,9-17H2,2H3,(H,23,26)/t20-/m1/s1. The van der Waals surface area contributed by atoms with Crippen LogP contribution in [0.4, 0.5) is 0 Å². The molecule has 0 radical (unpaired) electrons. The molecule has 3 rings (SSSR count). The first-order chi connectivity index (χ1) is 12.6. The van der Waals surface area contributed by atoms with Gasteiger partial charge in [0.1, 0.15) is 0 Å². The van der Waals surface area contributed by atoms with E-state index in [-0.39, 0.29) is 11.8 Å². The van der Waals surface area contributed by atoms with Crippen molar-refractivity contribution in [2.24, 2.45) is 5.92 Å². The normalized spacial score (nSPS) is 22.9. The third-order valence-corrected chi connectivity index (χ3v) is 5.71. The molecule has 2 saturated heterocycles. The Hall–Kier alpha value is -1.65. The average Bonchev–Trinajstić information content (AvgIpc) is 2.67. The van der Waals surface area contributed by atoms with Crippen LogP contribution in [0.1, 0.15) is 38.2 Å². The number of carbonyl (C=O) groups excluding carboxylic acids is 1. The summed E-state index contributed by atoms with van der Waals surface area (Å²) in [4.78, 5) is 17.5. The van der Waals surface area contributed by atoms with E-state index < -0.39 is 0 Å². The third-order valence-electron chi connectivity index (χ3n) is 5.71. The van der Waals surface area contributed by atoms with E-state index in [1.54, 1.807) is 0 Å². The first kappa shape index (κ1) is 19.1. The number of piperidine rings is 2. The average molecular weight is 356 g/mol. The molecule has 2 fully saturated rings. The predicted octanol–water partition coefficient (Wildman–Crippen LogP) is 3.06. The fraction of sp³-hybridized carbons (Fsp3) is 0.591. The fourth-order valence-electron chi connectivity index (χ4n) is 4.22. The van der Waals surface area contributed by atoms with Gasteiger partial charge in [-0.15, -0.1) is 0 Å². The molecule has 0 bridgehead atoms. The van der Waals surface area contributed by atoms with E-state index in [2.05, 4.69) is 52.0 Å². The Balaban J connectivity index is 1.45. The van der Waals surface area contributed by atoms with Crippen LogP contribution in [0.2, 0.25) is 0 Å². The zero-order chi connectivity index (χ0) is 18.4. The number of hydrogen-bond donors (Lipinski definition) is 1. The molecule has 4 nitrogen and oxygen atoms in total. The maximum absolute atomic E-state index is 12.4. The highest BCUT2D eigenvalue weighted by atomic mass is 16.1. The number of benzene rings is 1. The molecule has 2 heterocycles. The molecule has 1 amide bonds. The van der Waals surface area contributed by atoms with E-state index >= 15 is 0 Å². The molecular weight excluding hydrogens is 322 g/mol. The molecule has 2 aliphatic heterocycles. The van der Waals surface area contributed by atoms with Gasteiger partial charge in [0.15, 0.2) is 0 Å². The Kier molecular flexibility index (Phi) is 6.86. The van der Waals surface area contributed by atoms with Gasteiger partial charge in [-0.25, -0.2) is 0 Å². The Bertz CT molecular complexity index is 593. The summed E-state index contributed by atoms with van der Waals surface area (Å²) in [7, 11) is 0. The highest BCUT2D eigenvalue weighted by molar-refractivity contribution is 5.79. The van der Waals surface area contributed by atoms with Crippen molar-refractivity contribution in [1.29, 1.82) is 0 Å². The van der Waals surface area contributed by atoms with E-state index in [1.807, 2.05) is 6.92 Å². The van der Waals surface area contributed by atoms with Crippen LogP contribution in [-0.4, -0.2) is 54.5 Å². The highest BCUT2D eigenvalue weighted by Gasteiger charge is 2.31. The van der Waals surface area contributed by atoms with Gasteiger partial charge in [-0.2, -0.15) is 0 Å². The number of likely N-dealkylation sites (tertiary alicyclic amines) is 2. The Morgan fingerprint density at radius 2 is 1.88 bits per heavy atom. The summed E-state index contributed by atoms with van der Waals surface area (Å²) in [6.07, 6.45) is 4.58. The van der Waals surface area contributed by atoms with Gasteiger partial charge in [0.25, 0.3) is 0 Å². The zero-order valence-corrected chi connectivity index (χ0v) is 16.1. The van der Waals surface area contributed by atoms with Crippen LogP contribution in [0.5, 0.6) is 0 Å². The van der Waals surface area contributed by atoms with E-state index in [1.165, 1.54) is 18.4 Å². The second-order valence-corrected chi connectivity index (χ2v) is 8.00. The van der Waals surface area contributed by atoms with E-state index in [9.17, 15) is 4.79 Å². The summed E-state index contributed by atoms with van der Waals surface area (Å²) in [5, 5.41) is 3.04. The smallest absolute Gasteiger partial charge is 0.224 e. The monoisotopic (exact) mass is 355 g/mol. The van der Waals surface area contributed by atoms with Gasteiger partial charge in [-0.05, 0) is 57.8 Å². The number of nitrogens with zero attached hydrogens (tertiary/aromatic N) is 2. The van der Waals surface area contributed by atoms with Crippen LogP contribution < -0.4 is 5.32 Å². The molecule has 142 valence electrons. The Morgan fingerprint density at radius 3 is 2.58 bits per heavy atom. The minimum Gasteiger partial charge on any atom is -0.352 e. The quantitative estimate of drug-likeness (QED) is 0.797. The minimum atomic E-state index is 0.144. The van der Waals surface area contributed by atoms with E-state index in [0.717, 1.165) is 51.1 Å². The highest BCUT2D eigenvalue weighted by Crippen LogP contribution is 2.24. The van der Waals surface area contributed by atoms with Crippen LogP contribution in [0.25, 0.3) is 0 Å². The van der Waals surface area contributed by atoms with Gasteiger partial charge in [-0.3, -0.25) is 14.6 Å². The van der Waals surface area contributed by atoms with Gasteiger partial charge >= 0.3 is 0 Å². The van der Waals surface area contributed by atoms with Crippen molar-refractivity contribution in [3.8, 4) is 0 Å². The van der Waals surface area contributed by atoms with Gasteiger partial charge in [-0.1, -0.05) is 42.5 Å². The maximum Gasteiger partial charge on any atom is 0.224 e. The van der Waals surface area contributed by atoms with Crippen molar-refractivity contribution in [2.75, 3.05) is 32.7 Å². The molecule has 0 saturated carbocycles. The molecular formula is C22H33N3O. The second kappa shape index (κ2) is 9.33. The van der Waals surface area contributed by atoms with Crippen LogP contribution >= 0.6 is 0 Å². The van der Waals surface area contributed by atoms with Crippen LogP contribution in [0.15, 0.2) is 42.5 Å². The Labute approximate surface area is 158 Å². The molecule has 0 aliphatic carbocycles. The van der Waals surface area contributed by atoms with Crippen molar-refractivity contribution in [2.45, 2.75) is 45.2 Å². The molecule has 0 aromatic heterocycles. The van der Waals surface area contributed by atoms with E-state index in [4.69, 9.17) is 0 Å². The van der Waals surface area contributed by atoms with Gasteiger partial charge < -0.3 is 5.32 Å². The molecule has 2 aliphatic rings. The SMILES string of the molecule is C=C(C)CNC(=O)[C@@H]1CCCN(C2CCN(Cc3ccccc3)CC2)C1. The number of rotatable bonds is 6. The summed E-state index contributed by atoms with van der Waals surface area (Å²) >= 11 is 0. The zero-order valence-electron chi connectivity index (χ0n) is 16.1. The van der Waals surface area contributed by atoms with Crippen molar-refractivity contribution < 1.29 is 4.79 Å². The Morgan fingerprint density at radius 1 is 1.15 bits per heavy atom. The molecule has 0 spiro atoms. The summed E-state index contributed by atoms with van der Waals surface area (Å²) in [6, 6.07) is 11.4. The first-order valence-corrected chi connectivity index (χ1v) is 10.0. The third kappa shape index (κ3) is 5.42. The largest absolute Gasteiger partial charge is 0.352 e. The minimum absolute atomic E-state index is 0.144. The lowest BCUT2D eigenvalue weighted by Crippen LogP contribution is -2.50. The molecule has 1 atom stereocenters. The van der Waals surface area contributed by atoms with Crippen molar-refractivity contribution in [3.05, 3.63) is 48.0 Å². The summed E-state index contributed by atoms with van der Waals surface area (Å²) < 4.78 is 0.